The van der Waals surface area contributed by atoms with Crippen molar-refractivity contribution in [1.29, 1.82) is 5.41 Å². The molecule has 0 saturated carbocycles. The fraction of sp³-hybridized carbons (Fsp3) is 0.368. The van der Waals surface area contributed by atoms with Gasteiger partial charge in [0, 0.05) is 16.6 Å². The molecule has 24 heavy (non-hydrogen) atoms. The number of H-pyrrole nitrogens is 1. The Hall–Kier alpha value is -2.56. The highest BCUT2D eigenvalue weighted by Gasteiger charge is 2.28. The molecule has 0 spiro atoms. The van der Waals surface area contributed by atoms with Gasteiger partial charge in [0.05, 0.1) is 11.4 Å². The van der Waals surface area contributed by atoms with Gasteiger partial charge in [0.1, 0.15) is 0 Å². The number of hydrogen-bond acceptors (Lipinski definition) is 3. The Morgan fingerprint density at radius 3 is 2.67 bits per heavy atom. The van der Waals surface area contributed by atoms with Crippen LogP contribution in [-0.4, -0.2) is 22.3 Å². The summed E-state index contributed by atoms with van der Waals surface area (Å²) >= 11 is 0. The highest BCUT2D eigenvalue weighted by atomic mass is 16.3. The van der Waals surface area contributed by atoms with Crippen molar-refractivity contribution < 1.29 is 9.90 Å². The molecule has 0 bridgehead atoms. The van der Waals surface area contributed by atoms with Crippen molar-refractivity contribution in [3.63, 3.8) is 0 Å². The van der Waals surface area contributed by atoms with E-state index >= 15 is 0 Å². The molecule has 5 nitrogen and oxygen atoms in total. The second-order valence-electron chi connectivity index (χ2n) is 7.10. The van der Waals surface area contributed by atoms with Crippen LogP contribution >= 0.6 is 0 Å². The van der Waals surface area contributed by atoms with Crippen LogP contribution in [0, 0.1) is 17.7 Å². The van der Waals surface area contributed by atoms with Gasteiger partial charge in [-0.3, -0.25) is 10.2 Å². The third-order valence-electron chi connectivity index (χ3n) is 4.46. The molecule has 5 heteroatoms. The number of allylic oxidation sites excluding steroid dienone is 2. The Bertz CT molecular complexity index is 800. The van der Waals surface area contributed by atoms with Gasteiger partial charge in [-0.15, -0.1) is 0 Å². The minimum Gasteiger partial charge on any atom is -0.483 e. The number of fused-ring (bicyclic) bond motifs is 1. The fourth-order valence-electron chi connectivity index (χ4n) is 3.16. The third kappa shape index (κ3) is 3.85. The molecule has 2 aromatic rings. The van der Waals surface area contributed by atoms with Gasteiger partial charge >= 0.3 is 0 Å². The number of carbonyl (C=O) groups is 1. The topological polar surface area (TPSA) is 103 Å². The maximum absolute atomic E-state index is 8.50. The van der Waals surface area contributed by atoms with Crippen molar-refractivity contribution in [1.82, 2.24) is 4.98 Å². The number of rotatable bonds is 2. The molecule has 0 saturated heterocycles. The molecule has 0 atom stereocenters. The molecule has 3 rings (SSSR count). The van der Waals surface area contributed by atoms with Crippen molar-refractivity contribution in [2.24, 2.45) is 11.1 Å². The molecule has 0 fully saturated rings. The first kappa shape index (κ1) is 17.8. The van der Waals surface area contributed by atoms with Crippen molar-refractivity contribution in [2.45, 2.75) is 40.0 Å². The van der Waals surface area contributed by atoms with E-state index in [-0.39, 0.29) is 11.9 Å². The molecule has 0 aliphatic heterocycles. The Morgan fingerprint density at radius 1 is 1.38 bits per heavy atom. The first-order chi connectivity index (χ1) is 11.3. The third-order valence-corrected chi connectivity index (χ3v) is 4.46. The summed E-state index contributed by atoms with van der Waals surface area (Å²) in [5, 5.41) is 16.5. The number of aromatic amines is 1. The highest BCUT2D eigenvalue weighted by Crippen LogP contribution is 2.37. The van der Waals surface area contributed by atoms with Crippen molar-refractivity contribution >= 4 is 23.1 Å². The van der Waals surface area contributed by atoms with E-state index in [1.54, 1.807) is 0 Å². The quantitative estimate of drug-likeness (QED) is 0.495. The smallest absolute Gasteiger partial charge is 0.290 e. The zero-order valence-electron chi connectivity index (χ0n) is 14.4. The van der Waals surface area contributed by atoms with Gasteiger partial charge in [-0.25, -0.2) is 0 Å². The molecular formula is C19H25N3O2. The summed E-state index contributed by atoms with van der Waals surface area (Å²) < 4.78 is 0. The molecule has 0 amide bonds. The van der Waals surface area contributed by atoms with Gasteiger partial charge in [-0.2, -0.15) is 0 Å². The van der Waals surface area contributed by atoms with Crippen LogP contribution in [0.1, 0.15) is 44.4 Å². The van der Waals surface area contributed by atoms with Crippen LogP contribution < -0.4 is 5.73 Å². The first-order valence-corrected chi connectivity index (χ1v) is 8.01. The van der Waals surface area contributed by atoms with Crippen LogP contribution in [0.15, 0.2) is 35.5 Å². The molecule has 128 valence electrons. The lowest BCUT2D eigenvalue weighted by Crippen LogP contribution is -2.25. The number of benzene rings is 1. The van der Waals surface area contributed by atoms with Gasteiger partial charge in [-0.05, 0) is 54.9 Å². The monoisotopic (exact) mass is 327 g/mol. The van der Waals surface area contributed by atoms with Crippen LogP contribution in [0.3, 0.4) is 0 Å². The van der Waals surface area contributed by atoms with Crippen LogP contribution in [0.25, 0.3) is 10.9 Å². The van der Waals surface area contributed by atoms with Gasteiger partial charge in [0.2, 0.25) is 0 Å². The van der Waals surface area contributed by atoms with E-state index in [0.717, 1.165) is 47.1 Å². The molecule has 0 unspecified atom stereocenters. The standard InChI is InChI=1S/C18H23N3.CH2O2/c1-11-4-5-12-9-16(21-15(12)8-11)17(20)13-6-7-18(2,3)10-14(13)19;2-1-3/h4-5,8-9,20-21H,6-7,10,19H2,1-3H3;1H,(H,2,3). The van der Waals surface area contributed by atoms with E-state index < -0.39 is 0 Å². The summed E-state index contributed by atoms with van der Waals surface area (Å²) in [5.74, 6) is 0. The second-order valence-corrected chi connectivity index (χ2v) is 7.10. The first-order valence-electron chi connectivity index (χ1n) is 8.01. The number of hydrogen-bond donors (Lipinski definition) is 4. The SMILES string of the molecule is Cc1ccc2cc(C(=N)C3=C(N)CC(C)(C)CC3)[nH]c2c1.O=CO. The van der Waals surface area contributed by atoms with Crippen LogP contribution in [-0.2, 0) is 4.79 Å². The highest BCUT2D eigenvalue weighted by molar-refractivity contribution is 6.12. The molecular weight excluding hydrogens is 302 g/mol. The Labute approximate surface area is 142 Å². The van der Waals surface area contributed by atoms with Gasteiger partial charge in [0.25, 0.3) is 6.47 Å². The van der Waals surface area contributed by atoms with Crippen molar-refractivity contribution in [2.75, 3.05) is 0 Å². The maximum atomic E-state index is 8.50. The second kappa shape index (κ2) is 6.91. The number of aryl methyl sites for hydroxylation is 1. The molecule has 1 aliphatic carbocycles. The van der Waals surface area contributed by atoms with Gasteiger partial charge < -0.3 is 15.8 Å². The predicted octanol–water partition coefficient (Wildman–Crippen LogP) is 3.97. The van der Waals surface area contributed by atoms with Crippen LogP contribution in [0.5, 0.6) is 0 Å². The number of nitrogens with one attached hydrogen (secondary N) is 2. The van der Waals surface area contributed by atoms with Gasteiger partial charge in [-0.1, -0.05) is 26.0 Å². The summed E-state index contributed by atoms with van der Waals surface area (Å²) in [5.41, 5.74) is 12.1. The summed E-state index contributed by atoms with van der Waals surface area (Å²) in [6.07, 6.45) is 2.86. The van der Waals surface area contributed by atoms with E-state index in [9.17, 15) is 0 Å². The molecule has 1 aromatic heterocycles. The predicted molar refractivity (Wildman–Crippen MR) is 97.4 cm³/mol. The lowest BCUT2D eigenvalue weighted by Gasteiger charge is -2.31. The number of carboxylic acid groups (broad SMARTS) is 1. The van der Waals surface area contributed by atoms with Crippen molar-refractivity contribution in [3.05, 3.63) is 46.8 Å². The van der Waals surface area contributed by atoms with E-state index in [2.05, 4.69) is 50.0 Å². The normalized spacial score (nSPS) is 16.5. The van der Waals surface area contributed by atoms with E-state index in [4.69, 9.17) is 21.0 Å². The van der Waals surface area contributed by atoms with Crippen LogP contribution in [0.2, 0.25) is 0 Å². The lowest BCUT2D eigenvalue weighted by molar-refractivity contribution is -0.122. The summed E-state index contributed by atoms with van der Waals surface area (Å²) in [6, 6.07) is 8.37. The van der Waals surface area contributed by atoms with E-state index in [0.29, 0.717) is 5.71 Å². The average molecular weight is 327 g/mol. The average Bonchev–Trinajstić information content (AvgIpc) is 2.89. The zero-order chi connectivity index (χ0) is 17.9. The van der Waals surface area contributed by atoms with Crippen LogP contribution in [0.4, 0.5) is 0 Å². The van der Waals surface area contributed by atoms with Crippen molar-refractivity contribution in [3.8, 4) is 0 Å². The largest absolute Gasteiger partial charge is 0.483 e. The fourth-order valence-corrected chi connectivity index (χ4v) is 3.16. The molecule has 5 N–H and O–H groups in total. The number of aromatic nitrogens is 1. The van der Waals surface area contributed by atoms with Gasteiger partial charge in [0.15, 0.2) is 0 Å². The number of nitrogens with two attached hydrogens (primary N) is 1. The lowest BCUT2D eigenvalue weighted by atomic mass is 9.75. The molecule has 0 radical (unpaired) electrons. The summed E-state index contributed by atoms with van der Waals surface area (Å²) in [7, 11) is 0. The van der Waals surface area contributed by atoms with E-state index in [1.165, 1.54) is 5.56 Å². The maximum Gasteiger partial charge on any atom is 0.290 e. The molecule has 1 aliphatic rings. The summed E-state index contributed by atoms with van der Waals surface area (Å²) in [6.45, 7) is 6.31. The molecule has 1 aromatic carbocycles. The minimum atomic E-state index is -0.250. The minimum absolute atomic E-state index is 0.250. The Morgan fingerprint density at radius 2 is 2.04 bits per heavy atom. The zero-order valence-corrected chi connectivity index (χ0v) is 14.4. The Balaban J connectivity index is 0.000000647. The van der Waals surface area contributed by atoms with E-state index in [1.807, 2.05) is 0 Å². The molecule has 1 heterocycles. The summed E-state index contributed by atoms with van der Waals surface area (Å²) in [4.78, 5) is 11.7. The Kier molecular flexibility index (Phi) is 5.12.